The van der Waals surface area contributed by atoms with Crippen LogP contribution in [0.3, 0.4) is 0 Å². The topological polar surface area (TPSA) is 99.7 Å². The first-order valence-electron chi connectivity index (χ1n) is 7.39. The van der Waals surface area contributed by atoms with E-state index in [4.69, 9.17) is 9.57 Å². The zero-order chi connectivity index (χ0) is 16.9. The summed E-state index contributed by atoms with van der Waals surface area (Å²) in [5.74, 6) is 0.0791. The third kappa shape index (κ3) is 3.69. The van der Waals surface area contributed by atoms with Gasteiger partial charge in [-0.1, -0.05) is 30.3 Å². The van der Waals surface area contributed by atoms with Crippen molar-refractivity contribution in [3.8, 4) is 0 Å². The van der Waals surface area contributed by atoms with E-state index in [0.29, 0.717) is 12.4 Å². The van der Waals surface area contributed by atoms with Crippen LogP contribution in [0.1, 0.15) is 5.56 Å². The molecule has 1 aromatic heterocycles. The Bertz CT molecular complexity index is 796. The summed E-state index contributed by atoms with van der Waals surface area (Å²) in [5.41, 5.74) is 3.30. The predicted octanol–water partition coefficient (Wildman–Crippen LogP) is -0.525. The molecule has 2 heterocycles. The summed E-state index contributed by atoms with van der Waals surface area (Å²) in [4.78, 5) is 33.1. The molecule has 0 radical (unpaired) electrons. The molecular weight excluding hydrogens is 314 g/mol. The summed E-state index contributed by atoms with van der Waals surface area (Å²) in [6, 6.07) is 9.57. The van der Waals surface area contributed by atoms with Crippen LogP contribution in [-0.2, 0) is 28.0 Å². The van der Waals surface area contributed by atoms with Crippen molar-refractivity contribution in [3.63, 3.8) is 0 Å². The number of hydrogen-bond acceptors (Lipinski definition) is 7. The number of benzene rings is 1. The number of nitrogens with zero attached hydrogens (tertiary/aromatic N) is 4. The molecule has 2 aromatic rings. The molecule has 126 valence electrons. The number of carbonyl (C=O) groups is 1. The molecule has 0 fully saturated rings. The van der Waals surface area contributed by atoms with E-state index in [9.17, 15) is 9.59 Å². The van der Waals surface area contributed by atoms with Crippen LogP contribution in [-0.4, -0.2) is 45.4 Å². The largest absolute Gasteiger partial charge is 0.461 e. The molecular formula is C15H17N5O4. The van der Waals surface area contributed by atoms with Gasteiger partial charge >= 0.3 is 11.7 Å². The molecule has 1 aliphatic rings. The lowest BCUT2D eigenvalue weighted by Crippen LogP contribution is -2.40. The quantitative estimate of drug-likeness (QED) is 0.740. The fourth-order valence-electron chi connectivity index (χ4n) is 2.12. The SMILES string of the molecule is Cn1cnn(CC(=O)OC[C@@H]2CN=C(c3ccccc3)NO2)c1=O. The van der Waals surface area contributed by atoms with E-state index in [2.05, 4.69) is 15.6 Å². The molecule has 0 amide bonds. The summed E-state index contributed by atoms with van der Waals surface area (Å²) < 4.78 is 7.42. The average Bonchev–Trinajstić information content (AvgIpc) is 2.93. The Morgan fingerprint density at radius 3 is 2.83 bits per heavy atom. The fraction of sp³-hybridized carbons (Fsp3) is 0.333. The molecule has 3 rings (SSSR count). The van der Waals surface area contributed by atoms with Crippen LogP contribution in [0.5, 0.6) is 0 Å². The minimum atomic E-state index is -0.558. The zero-order valence-corrected chi connectivity index (χ0v) is 13.1. The van der Waals surface area contributed by atoms with E-state index in [1.54, 1.807) is 7.05 Å². The number of aromatic nitrogens is 3. The lowest BCUT2D eigenvalue weighted by atomic mass is 10.2. The first-order valence-corrected chi connectivity index (χ1v) is 7.39. The number of ether oxygens (including phenoxy) is 1. The third-order valence-electron chi connectivity index (χ3n) is 3.42. The summed E-state index contributed by atoms with van der Waals surface area (Å²) >= 11 is 0. The second-order valence-corrected chi connectivity index (χ2v) is 5.26. The summed E-state index contributed by atoms with van der Waals surface area (Å²) in [7, 11) is 1.56. The Morgan fingerprint density at radius 1 is 1.42 bits per heavy atom. The lowest BCUT2D eigenvalue weighted by Gasteiger charge is -2.22. The standard InChI is InChI=1S/C15H17N5O4/c1-19-10-17-20(15(19)22)8-13(21)23-9-12-7-16-14(18-24-12)11-5-3-2-4-6-11/h2-6,10,12H,7-9H2,1H3,(H,16,18)/t12-/m0/s1. The van der Waals surface area contributed by atoms with Gasteiger partial charge in [-0.05, 0) is 0 Å². The molecule has 0 unspecified atom stereocenters. The lowest BCUT2D eigenvalue weighted by molar-refractivity contribution is -0.150. The van der Waals surface area contributed by atoms with Crippen molar-refractivity contribution in [2.75, 3.05) is 13.2 Å². The van der Waals surface area contributed by atoms with Gasteiger partial charge in [0, 0.05) is 12.6 Å². The van der Waals surface area contributed by atoms with E-state index in [1.165, 1.54) is 10.9 Å². The summed E-state index contributed by atoms with van der Waals surface area (Å²) in [6.45, 7) is 0.172. The Balaban J connectivity index is 1.48. The van der Waals surface area contributed by atoms with Crippen LogP contribution in [0, 0.1) is 0 Å². The molecule has 0 bridgehead atoms. The Kier molecular flexibility index (Phi) is 4.71. The number of hydrogen-bond donors (Lipinski definition) is 1. The maximum Gasteiger partial charge on any atom is 0.345 e. The monoisotopic (exact) mass is 331 g/mol. The van der Waals surface area contributed by atoms with Gasteiger partial charge in [-0.2, -0.15) is 5.10 Å². The molecule has 0 spiro atoms. The van der Waals surface area contributed by atoms with Gasteiger partial charge in [0.25, 0.3) is 0 Å². The van der Waals surface area contributed by atoms with Crippen LogP contribution in [0.2, 0.25) is 0 Å². The highest BCUT2D eigenvalue weighted by atomic mass is 16.7. The highest BCUT2D eigenvalue weighted by Gasteiger charge is 2.19. The van der Waals surface area contributed by atoms with Gasteiger partial charge < -0.3 is 4.74 Å². The number of aliphatic imine (C=N–C) groups is 1. The van der Waals surface area contributed by atoms with Gasteiger partial charge in [0.05, 0.1) is 6.54 Å². The van der Waals surface area contributed by atoms with E-state index in [0.717, 1.165) is 10.2 Å². The Hall–Kier alpha value is -2.94. The number of amidine groups is 1. The molecule has 0 saturated carbocycles. The molecule has 1 aliphatic heterocycles. The van der Waals surface area contributed by atoms with E-state index in [1.807, 2.05) is 30.3 Å². The Morgan fingerprint density at radius 2 is 2.21 bits per heavy atom. The van der Waals surface area contributed by atoms with Crippen molar-refractivity contribution < 1.29 is 14.4 Å². The summed E-state index contributed by atoms with van der Waals surface area (Å²) in [6.07, 6.45) is 0.950. The Labute approximate surface area is 137 Å². The molecule has 9 nitrogen and oxygen atoms in total. The van der Waals surface area contributed by atoms with Crippen LogP contribution < -0.4 is 11.2 Å². The smallest absolute Gasteiger partial charge is 0.345 e. The molecule has 1 atom stereocenters. The van der Waals surface area contributed by atoms with Gasteiger partial charge in [-0.25, -0.2) is 15.0 Å². The van der Waals surface area contributed by atoms with Crippen molar-refractivity contribution in [2.45, 2.75) is 12.6 Å². The van der Waals surface area contributed by atoms with Crippen molar-refractivity contribution in [1.82, 2.24) is 19.8 Å². The zero-order valence-electron chi connectivity index (χ0n) is 13.1. The number of carbonyl (C=O) groups excluding carboxylic acids is 1. The highest BCUT2D eigenvalue weighted by Crippen LogP contribution is 2.06. The number of nitrogens with one attached hydrogen (secondary N) is 1. The maximum atomic E-state index is 11.8. The van der Waals surface area contributed by atoms with Gasteiger partial charge in [0.2, 0.25) is 0 Å². The molecule has 9 heteroatoms. The summed E-state index contributed by atoms with van der Waals surface area (Å²) in [5, 5.41) is 3.79. The van der Waals surface area contributed by atoms with Gasteiger partial charge in [0.15, 0.2) is 5.84 Å². The van der Waals surface area contributed by atoms with Crippen molar-refractivity contribution in [3.05, 3.63) is 52.7 Å². The van der Waals surface area contributed by atoms with E-state index < -0.39 is 5.97 Å². The number of aryl methyl sites for hydroxylation is 1. The molecule has 0 aliphatic carbocycles. The van der Waals surface area contributed by atoms with E-state index >= 15 is 0 Å². The van der Waals surface area contributed by atoms with Crippen LogP contribution in [0.25, 0.3) is 0 Å². The van der Waals surface area contributed by atoms with Gasteiger partial charge in [-0.15, -0.1) is 0 Å². The van der Waals surface area contributed by atoms with Crippen molar-refractivity contribution >= 4 is 11.8 Å². The number of hydroxylamine groups is 1. The highest BCUT2D eigenvalue weighted by molar-refractivity contribution is 5.98. The molecule has 0 saturated heterocycles. The normalized spacial score (nSPS) is 17.0. The van der Waals surface area contributed by atoms with Crippen molar-refractivity contribution in [1.29, 1.82) is 0 Å². The average molecular weight is 331 g/mol. The maximum absolute atomic E-state index is 11.8. The number of esters is 1. The minimum Gasteiger partial charge on any atom is -0.461 e. The number of rotatable bonds is 5. The fourth-order valence-corrected chi connectivity index (χ4v) is 2.12. The first-order chi connectivity index (χ1) is 11.6. The van der Waals surface area contributed by atoms with Crippen LogP contribution in [0.15, 0.2) is 46.4 Å². The third-order valence-corrected chi connectivity index (χ3v) is 3.42. The van der Waals surface area contributed by atoms with Crippen molar-refractivity contribution in [2.24, 2.45) is 12.0 Å². The second-order valence-electron chi connectivity index (χ2n) is 5.26. The van der Waals surface area contributed by atoms with Crippen LogP contribution in [0.4, 0.5) is 0 Å². The molecule has 24 heavy (non-hydrogen) atoms. The van der Waals surface area contributed by atoms with Crippen LogP contribution >= 0.6 is 0 Å². The van der Waals surface area contributed by atoms with Gasteiger partial charge in [-0.3, -0.25) is 19.2 Å². The molecule has 1 N–H and O–H groups in total. The van der Waals surface area contributed by atoms with Gasteiger partial charge in [0.1, 0.15) is 25.6 Å². The minimum absolute atomic E-state index is 0.0407. The predicted molar refractivity (Wildman–Crippen MR) is 84.3 cm³/mol. The first kappa shape index (κ1) is 15.9. The molecule has 1 aromatic carbocycles. The van der Waals surface area contributed by atoms with E-state index in [-0.39, 0.29) is 24.9 Å². The second kappa shape index (κ2) is 7.09.